The smallest absolute Gasteiger partial charge is 0.340 e. The molecular formula is C8H8BFO3. The van der Waals surface area contributed by atoms with Crippen molar-refractivity contribution in [1.82, 2.24) is 0 Å². The molecule has 68 valence electrons. The van der Waals surface area contributed by atoms with E-state index < -0.39 is 11.8 Å². The van der Waals surface area contributed by atoms with E-state index in [0.29, 0.717) is 5.46 Å². The molecule has 0 atom stereocenters. The molecule has 3 nitrogen and oxygen atoms in total. The van der Waals surface area contributed by atoms with Gasteiger partial charge in [-0.2, -0.15) is 0 Å². The van der Waals surface area contributed by atoms with Gasteiger partial charge in [0.2, 0.25) is 0 Å². The van der Waals surface area contributed by atoms with Crippen molar-refractivity contribution in [2.24, 2.45) is 0 Å². The molecule has 1 rings (SSSR count). The standard InChI is InChI=1S/C8H8BFO3/c1-13-8(11)6-3-2-5(9-12)4-7(6)10/h2-4,9,12H,1H3. The summed E-state index contributed by atoms with van der Waals surface area (Å²) < 4.78 is 17.4. The fourth-order valence-corrected chi connectivity index (χ4v) is 0.932. The molecule has 1 aromatic carbocycles. The lowest BCUT2D eigenvalue weighted by Crippen LogP contribution is -2.16. The minimum atomic E-state index is -0.720. The first-order valence-corrected chi connectivity index (χ1v) is 3.66. The zero-order chi connectivity index (χ0) is 9.84. The third-order valence-electron chi connectivity index (χ3n) is 1.62. The summed E-state index contributed by atoms with van der Waals surface area (Å²) in [5.74, 6) is -1.40. The van der Waals surface area contributed by atoms with E-state index in [-0.39, 0.29) is 13.0 Å². The van der Waals surface area contributed by atoms with E-state index in [1.165, 1.54) is 19.2 Å². The summed E-state index contributed by atoms with van der Waals surface area (Å²) in [5.41, 5.74) is 0.296. The predicted octanol–water partition coefficient (Wildman–Crippen LogP) is -0.419. The van der Waals surface area contributed by atoms with E-state index in [0.717, 1.165) is 6.07 Å². The Morgan fingerprint density at radius 1 is 1.62 bits per heavy atom. The SMILES string of the molecule is COC(=O)c1ccc(BO)cc1F. The number of rotatable bonds is 2. The van der Waals surface area contributed by atoms with Gasteiger partial charge in [0.15, 0.2) is 0 Å². The molecule has 0 saturated carbocycles. The summed E-state index contributed by atoms with van der Waals surface area (Å²) in [4.78, 5) is 10.9. The largest absolute Gasteiger partial charge is 0.465 e. The minimum absolute atomic E-state index is 0.125. The Labute approximate surface area is 75.4 Å². The molecule has 0 unspecified atom stereocenters. The van der Waals surface area contributed by atoms with Gasteiger partial charge in [0, 0.05) is 0 Å². The zero-order valence-electron chi connectivity index (χ0n) is 7.08. The maximum absolute atomic E-state index is 13.1. The van der Waals surface area contributed by atoms with Crippen molar-refractivity contribution in [1.29, 1.82) is 0 Å². The predicted molar refractivity (Wildman–Crippen MR) is 46.7 cm³/mol. The molecule has 0 fully saturated rings. The van der Waals surface area contributed by atoms with Crippen LogP contribution in [0.3, 0.4) is 0 Å². The van der Waals surface area contributed by atoms with E-state index in [1.54, 1.807) is 0 Å². The van der Waals surface area contributed by atoms with Crippen LogP contribution in [-0.4, -0.2) is 25.6 Å². The van der Waals surface area contributed by atoms with E-state index in [1.807, 2.05) is 0 Å². The first-order chi connectivity index (χ1) is 6.19. The van der Waals surface area contributed by atoms with Gasteiger partial charge in [0.05, 0.1) is 12.7 Å². The Balaban J connectivity index is 3.05. The molecule has 0 aliphatic rings. The third kappa shape index (κ3) is 2.06. The van der Waals surface area contributed by atoms with Gasteiger partial charge in [-0.3, -0.25) is 0 Å². The number of halogens is 1. The molecule has 0 radical (unpaired) electrons. The molecule has 0 aliphatic heterocycles. The van der Waals surface area contributed by atoms with Gasteiger partial charge in [0.25, 0.3) is 0 Å². The maximum Gasteiger partial charge on any atom is 0.340 e. The van der Waals surface area contributed by atoms with E-state index >= 15 is 0 Å². The number of ether oxygens (including phenoxy) is 1. The summed E-state index contributed by atoms with van der Waals surface area (Å²) in [7, 11) is 0.931. The highest BCUT2D eigenvalue weighted by molar-refractivity contribution is 6.45. The molecule has 0 saturated heterocycles. The van der Waals surface area contributed by atoms with Crippen molar-refractivity contribution in [3.05, 3.63) is 29.6 Å². The molecule has 1 aromatic rings. The molecule has 1 N–H and O–H groups in total. The highest BCUT2D eigenvalue weighted by atomic mass is 19.1. The van der Waals surface area contributed by atoms with Gasteiger partial charge < -0.3 is 9.76 Å². The van der Waals surface area contributed by atoms with Gasteiger partial charge in [-0.15, -0.1) is 0 Å². The van der Waals surface area contributed by atoms with Crippen LogP contribution in [0.5, 0.6) is 0 Å². The van der Waals surface area contributed by atoms with Crippen molar-refractivity contribution in [2.45, 2.75) is 0 Å². The fourth-order valence-electron chi connectivity index (χ4n) is 0.932. The summed E-state index contributed by atoms with van der Waals surface area (Å²) in [5, 5.41) is 8.67. The van der Waals surface area contributed by atoms with Crippen LogP contribution in [0, 0.1) is 5.82 Å². The lowest BCUT2D eigenvalue weighted by molar-refractivity contribution is 0.0595. The van der Waals surface area contributed by atoms with Crippen molar-refractivity contribution < 1.29 is 18.9 Å². The number of esters is 1. The quantitative estimate of drug-likeness (QED) is 0.499. The first-order valence-electron chi connectivity index (χ1n) is 3.66. The summed E-state index contributed by atoms with van der Waals surface area (Å²) in [6, 6.07) is 3.86. The van der Waals surface area contributed by atoms with E-state index in [4.69, 9.17) is 5.02 Å². The highest BCUT2D eigenvalue weighted by Gasteiger charge is 2.11. The second kappa shape index (κ2) is 4.05. The first kappa shape index (κ1) is 9.73. The van der Waals surface area contributed by atoms with Crippen molar-refractivity contribution in [3.8, 4) is 0 Å². The van der Waals surface area contributed by atoms with Crippen molar-refractivity contribution in [2.75, 3.05) is 7.11 Å². The molecule has 0 heterocycles. The zero-order valence-corrected chi connectivity index (χ0v) is 7.08. The Morgan fingerprint density at radius 3 is 2.77 bits per heavy atom. The molecule has 0 bridgehead atoms. The molecule has 0 amide bonds. The lowest BCUT2D eigenvalue weighted by atomic mass is 9.88. The van der Waals surface area contributed by atoms with Crippen molar-refractivity contribution >= 4 is 18.9 Å². The van der Waals surface area contributed by atoms with Gasteiger partial charge >= 0.3 is 13.5 Å². The summed E-state index contributed by atoms with van der Waals surface area (Å²) in [6.07, 6.45) is 0. The number of carbonyl (C=O) groups is 1. The highest BCUT2D eigenvalue weighted by Crippen LogP contribution is 2.05. The second-order valence-electron chi connectivity index (χ2n) is 2.46. The molecule has 5 heteroatoms. The molecule has 0 spiro atoms. The normalized spacial score (nSPS) is 9.46. The van der Waals surface area contributed by atoms with Gasteiger partial charge in [0.1, 0.15) is 5.82 Å². The van der Waals surface area contributed by atoms with Crippen LogP contribution in [0.25, 0.3) is 0 Å². The van der Waals surface area contributed by atoms with Crippen LogP contribution in [0.1, 0.15) is 10.4 Å². The van der Waals surface area contributed by atoms with Crippen LogP contribution in [-0.2, 0) is 4.74 Å². The average Bonchev–Trinajstić information content (AvgIpc) is 2.16. The monoisotopic (exact) mass is 182 g/mol. The Hall–Kier alpha value is -1.36. The van der Waals surface area contributed by atoms with Crippen LogP contribution in [0.2, 0.25) is 0 Å². The molecular weight excluding hydrogens is 174 g/mol. The minimum Gasteiger partial charge on any atom is -0.465 e. The number of hydrogen-bond acceptors (Lipinski definition) is 3. The second-order valence-corrected chi connectivity index (χ2v) is 2.46. The molecule has 0 aromatic heterocycles. The van der Waals surface area contributed by atoms with Crippen LogP contribution in [0.15, 0.2) is 18.2 Å². The Morgan fingerprint density at radius 2 is 2.31 bits per heavy atom. The maximum atomic E-state index is 13.1. The Kier molecular flexibility index (Phi) is 3.03. The number of methoxy groups -OCH3 is 1. The third-order valence-corrected chi connectivity index (χ3v) is 1.62. The molecule has 0 aliphatic carbocycles. The number of carbonyl (C=O) groups excluding carboxylic acids is 1. The lowest BCUT2D eigenvalue weighted by Gasteiger charge is -2.01. The van der Waals surface area contributed by atoms with Crippen LogP contribution < -0.4 is 5.46 Å². The van der Waals surface area contributed by atoms with Crippen LogP contribution >= 0.6 is 0 Å². The molecule has 13 heavy (non-hydrogen) atoms. The van der Waals surface area contributed by atoms with Crippen molar-refractivity contribution in [3.63, 3.8) is 0 Å². The van der Waals surface area contributed by atoms with Gasteiger partial charge in [-0.25, -0.2) is 9.18 Å². The Bertz CT molecular complexity index is 327. The van der Waals surface area contributed by atoms with E-state index in [2.05, 4.69) is 4.74 Å². The fraction of sp³-hybridized carbons (Fsp3) is 0.125. The summed E-state index contributed by atoms with van der Waals surface area (Å²) in [6.45, 7) is 0. The van der Waals surface area contributed by atoms with Gasteiger partial charge in [-0.05, 0) is 12.1 Å². The van der Waals surface area contributed by atoms with E-state index in [9.17, 15) is 9.18 Å². The number of hydrogen-bond donors (Lipinski definition) is 1. The average molecular weight is 182 g/mol. The topological polar surface area (TPSA) is 46.5 Å². The van der Waals surface area contributed by atoms with Gasteiger partial charge in [-0.1, -0.05) is 11.5 Å². The summed E-state index contributed by atoms with van der Waals surface area (Å²) >= 11 is 0. The van der Waals surface area contributed by atoms with Crippen LogP contribution in [0.4, 0.5) is 4.39 Å². The number of benzene rings is 1.